The molecule has 68 valence electrons. The lowest BCUT2D eigenvalue weighted by Gasteiger charge is -2.06. The van der Waals surface area contributed by atoms with Crippen molar-refractivity contribution < 1.29 is 7.86 Å². The molecule has 12 heavy (non-hydrogen) atoms. The molecule has 0 aromatic heterocycles. The highest BCUT2D eigenvalue weighted by molar-refractivity contribution is 14.1. The van der Waals surface area contributed by atoms with Crippen LogP contribution in [0.4, 0.5) is 4.79 Å². The van der Waals surface area contributed by atoms with Gasteiger partial charge in [0.2, 0.25) is 0 Å². The molecule has 0 fully saturated rings. The third-order valence-electron chi connectivity index (χ3n) is 1.44. The zero-order chi connectivity index (χ0) is 9.40. The Bertz CT molecular complexity index is 176. The first-order chi connectivity index (χ1) is 5.70. The van der Waals surface area contributed by atoms with Gasteiger partial charge in [-0.2, -0.15) is 0 Å². The molecule has 0 saturated carbocycles. The van der Waals surface area contributed by atoms with Gasteiger partial charge < -0.3 is 8.38 Å². The minimum atomic E-state index is -0.400. The molecule has 0 aliphatic carbocycles. The number of hydrogen-bond donors (Lipinski definition) is 1. The van der Waals surface area contributed by atoms with Gasteiger partial charge in [0.25, 0.3) is 0 Å². The van der Waals surface area contributed by atoms with Crippen molar-refractivity contribution in [2.24, 2.45) is 5.92 Å². The van der Waals surface area contributed by atoms with Crippen LogP contribution in [0.25, 0.3) is 0 Å². The summed E-state index contributed by atoms with van der Waals surface area (Å²) in [7, 11) is 0. The highest BCUT2D eigenvalue weighted by atomic mass is 127. The van der Waals surface area contributed by atoms with Crippen LogP contribution in [-0.2, 0) is 3.07 Å². The molecular weight excluding hydrogens is 269 g/mol. The number of rotatable bonds is 4. The first-order valence-electron chi connectivity index (χ1n) is 3.70. The van der Waals surface area contributed by atoms with E-state index < -0.39 is 6.09 Å². The zero-order valence-electron chi connectivity index (χ0n) is 6.97. The van der Waals surface area contributed by atoms with Gasteiger partial charge >= 0.3 is 6.09 Å². The summed E-state index contributed by atoms with van der Waals surface area (Å²) in [4.78, 5) is 10.6. The summed E-state index contributed by atoms with van der Waals surface area (Å²) < 4.78 is 4.37. The second-order valence-corrected chi connectivity index (χ2v) is 3.03. The van der Waals surface area contributed by atoms with Crippen molar-refractivity contribution in [2.45, 2.75) is 19.8 Å². The van der Waals surface area contributed by atoms with Gasteiger partial charge in [-0.15, -0.1) is 12.3 Å². The Hall–Kier alpha value is -0.440. The molecule has 0 spiro atoms. The number of nitrogens with one attached hydrogen (secondary N) is 1. The second-order valence-electron chi connectivity index (χ2n) is 2.59. The van der Waals surface area contributed by atoms with E-state index in [1.165, 1.54) is 0 Å². The summed E-state index contributed by atoms with van der Waals surface area (Å²) in [6.07, 6.45) is 6.36. The zero-order valence-corrected chi connectivity index (χ0v) is 9.13. The summed E-state index contributed by atoms with van der Waals surface area (Å²) in [5.74, 6) is 3.02. The number of carbonyl (C=O) groups is 1. The molecule has 4 heteroatoms. The van der Waals surface area contributed by atoms with Crippen molar-refractivity contribution in [3.05, 3.63) is 0 Å². The van der Waals surface area contributed by atoms with Gasteiger partial charge in [0, 0.05) is 13.0 Å². The highest BCUT2D eigenvalue weighted by Crippen LogP contribution is 2.04. The smallest absolute Gasteiger partial charge is 0.378 e. The average molecular weight is 281 g/mol. The van der Waals surface area contributed by atoms with Crippen LogP contribution in [0.3, 0.4) is 0 Å². The molecule has 1 atom stereocenters. The molecule has 0 heterocycles. The van der Waals surface area contributed by atoms with Gasteiger partial charge in [-0.1, -0.05) is 6.92 Å². The Kier molecular flexibility index (Phi) is 6.96. The van der Waals surface area contributed by atoms with E-state index in [1.54, 1.807) is 23.0 Å². The fourth-order valence-electron chi connectivity index (χ4n) is 0.751. The number of hydrogen-bond acceptors (Lipinski definition) is 2. The van der Waals surface area contributed by atoms with Gasteiger partial charge in [-0.25, -0.2) is 4.79 Å². The van der Waals surface area contributed by atoms with Gasteiger partial charge in [-0.3, -0.25) is 0 Å². The van der Waals surface area contributed by atoms with Crippen molar-refractivity contribution in [1.82, 2.24) is 5.32 Å². The maximum Gasteiger partial charge on any atom is 0.416 e. The fourth-order valence-corrected chi connectivity index (χ4v) is 0.907. The van der Waals surface area contributed by atoms with Gasteiger partial charge in [0.05, 0.1) is 0 Å². The Morgan fingerprint density at radius 1 is 1.83 bits per heavy atom. The lowest BCUT2D eigenvalue weighted by atomic mass is 10.1. The van der Waals surface area contributed by atoms with Crippen LogP contribution in [-0.4, -0.2) is 12.6 Å². The van der Waals surface area contributed by atoms with E-state index in [-0.39, 0.29) is 0 Å². The first kappa shape index (κ1) is 11.6. The SMILES string of the molecule is C#CCC(C)CCNC(=O)OI. The molecule has 1 amide bonds. The lowest BCUT2D eigenvalue weighted by molar-refractivity contribution is 0.214. The summed E-state index contributed by atoms with van der Waals surface area (Å²) in [5, 5.41) is 2.58. The first-order valence-corrected chi connectivity index (χ1v) is 4.58. The molecular formula is C8H12INO2. The maximum absolute atomic E-state index is 10.6. The lowest BCUT2D eigenvalue weighted by Crippen LogP contribution is -2.23. The summed E-state index contributed by atoms with van der Waals surface area (Å²) >= 11 is 1.54. The average Bonchev–Trinajstić information content (AvgIpc) is 2.04. The van der Waals surface area contributed by atoms with E-state index in [0.717, 1.165) is 12.8 Å². The van der Waals surface area contributed by atoms with Crippen LogP contribution in [0.1, 0.15) is 19.8 Å². The maximum atomic E-state index is 10.6. The van der Waals surface area contributed by atoms with Crippen LogP contribution in [0, 0.1) is 18.3 Å². The standard InChI is InChI=1S/C8H12INO2/c1-3-4-7(2)5-6-10-8(11)12-9/h1,7H,4-6H2,2H3,(H,10,11). The minimum absolute atomic E-state index is 0.400. The van der Waals surface area contributed by atoms with Crippen molar-refractivity contribution in [1.29, 1.82) is 0 Å². The van der Waals surface area contributed by atoms with Gasteiger partial charge in [-0.05, 0) is 12.3 Å². The van der Waals surface area contributed by atoms with Gasteiger partial charge in [0.1, 0.15) is 0 Å². The Balaban J connectivity index is 3.31. The third kappa shape index (κ3) is 6.28. The van der Waals surface area contributed by atoms with E-state index in [0.29, 0.717) is 12.5 Å². The van der Waals surface area contributed by atoms with E-state index in [1.807, 2.05) is 0 Å². The van der Waals surface area contributed by atoms with Crippen LogP contribution < -0.4 is 5.32 Å². The molecule has 0 aliphatic rings. The molecule has 0 bridgehead atoms. The molecule has 0 aromatic carbocycles. The predicted molar refractivity (Wildman–Crippen MR) is 55.7 cm³/mol. The largest absolute Gasteiger partial charge is 0.416 e. The summed E-state index contributed by atoms with van der Waals surface area (Å²) in [6.45, 7) is 2.67. The number of carbonyl (C=O) groups excluding carboxylic acids is 1. The summed E-state index contributed by atoms with van der Waals surface area (Å²) in [5.41, 5.74) is 0. The Morgan fingerprint density at radius 2 is 2.50 bits per heavy atom. The van der Waals surface area contributed by atoms with E-state index in [9.17, 15) is 4.79 Å². The van der Waals surface area contributed by atoms with Crippen molar-refractivity contribution in [2.75, 3.05) is 6.54 Å². The monoisotopic (exact) mass is 281 g/mol. The second kappa shape index (κ2) is 7.22. The molecule has 0 rings (SSSR count). The van der Waals surface area contributed by atoms with Crippen molar-refractivity contribution >= 4 is 29.1 Å². The highest BCUT2D eigenvalue weighted by Gasteiger charge is 2.02. The molecule has 0 saturated heterocycles. The Labute approximate surface area is 86.9 Å². The third-order valence-corrected chi connectivity index (χ3v) is 1.84. The Morgan fingerprint density at radius 3 is 3.00 bits per heavy atom. The van der Waals surface area contributed by atoms with Crippen molar-refractivity contribution in [3.63, 3.8) is 0 Å². The quantitative estimate of drug-likeness (QED) is 0.633. The van der Waals surface area contributed by atoms with Crippen molar-refractivity contribution in [3.8, 4) is 12.3 Å². The molecule has 1 N–H and O–H groups in total. The fraction of sp³-hybridized carbons (Fsp3) is 0.625. The topological polar surface area (TPSA) is 38.3 Å². The molecule has 1 unspecified atom stereocenters. The van der Waals surface area contributed by atoms with Crippen LogP contribution in [0.2, 0.25) is 0 Å². The molecule has 0 aliphatic heterocycles. The molecule has 0 aromatic rings. The van der Waals surface area contributed by atoms with Crippen LogP contribution in [0.15, 0.2) is 0 Å². The molecule has 0 radical (unpaired) electrons. The normalized spacial score (nSPS) is 11.4. The number of terminal acetylenes is 1. The summed E-state index contributed by atoms with van der Waals surface area (Å²) in [6, 6.07) is 0. The van der Waals surface area contributed by atoms with Crippen LogP contribution in [0.5, 0.6) is 0 Å². The number of amides is 1. The minimum Gasteiger partial charge on any atom is -0.378 e. The van der Waals surface area contributed by atoms with E-state index in [2.05, 4.69) is 21.2 Å². The van der Waals surface area contributed by atoms with Gasteiger partial charge in [0.15, 0.2) is 23.0 Å². The number of halogens is 1. The van der Waals surface area contributed by atoms with Crippen LogP contribution >= 0.6 is 23.0 Å². The molecule has 3 nitrogen and oxygen atoms in total. The predicted octanol–water partition coefficient (Wildman–Crippen LogP) is 2.11. The van der Waals surface area contributed by atoms with E-state index in [4.69, 9.17) is 6.42 Å². The van der Waals surface area contributed by atoms with E-state index >= 15 is 0 Å².